The van der Waals surface area contributed by atoms with Crippen LogP contribution in [0.4, 0.5) is 0 Å². The Bertz CT molecular complexity index is 412. The first-order chi connectivity index (χ1) is 8.75. The first kappa shape index (κ1) is 13.0. The molecule has 0 fully saturated rings. The second-order valence-electron chi connectivity index (χ2n) is 4.57. The average molecular weight is 248 g/mol. The van der Waals surface area contributed by atoms with Crippen LogP contribution in [0.1, 0.15) is 24.8 Å². The van der Waals surface area contributed by atoms with Gasteiger partial charge in [-0.2, -0.15) is 0 Å². The van der Waals surface area contributed by atoms with Crippen molar-refractivity contribution >= 4 is 0 Å². The first-order valence-electron chi connectivity index (χ1n) is 6.46. The predicted molar refractivity (Wildman–Crippen MR) is 70.6 cm³/mol. The Kier molecular flexibility index (Phi) is 4.65. The molecular formula is C15H20O3. The number of aryl methyl sites for hydroxylation is 1. The summed E-state index contributed by atoms with van der Waals surface area (Å²) in [6.07, 6.45) is 4.01. The van der Waals surface area contributed by atoms with Gasteiger partial charge in [0.1, 0.15) is 17.6 Å². The van der Waals surface area contributed by atoms with E-state index < -0.39 is 6.10 Å². The van der Waals surface area contributed by atoms with Crippen molar-refractivity contribution in [3.8, 4) is 5.75 Å². The Balaban J connectivity index is 1.76. The van der Waals surface area contributed by atoms with Gasteiger partial charge in [-0.05, 0) is 43.5 Å². The molecule has 98 valence electrons. The molecular weight excluding hydrogens is 228 g/mol. The van der Waals surface area contributed by atoms with Crippen molar-refractivity contribution in [2.45, 2.75) is 32.3 Å². The fraction of sp³-hybridized carbons (Fsp3) is 0.467. The average Bonchev–Trinajstić information content (AvgIpc) is 2.40. The number of benzene rings is 1. The summed E-state index contributed by atoms with van der Waals surface area (Å²) in [5, 5.41) is 9.93. The zero-order valence-electron chi connectivity index (χ0n) is 10.8. The predicted octanol–water partition coefficient (Wildman–Crippen LogP) is 2.82. The fourth-order valence-corrected chi connectivity index (χ4v) is 1.94. The summed E-state index contributed by atoms with van der Waals surface area (Å²) in [6.45, 7) is 3.23. The number of rotatable bonds is 5. The smallest absolute Gasteiger partial charge is 0.121 e. The highest BCUT2D eigenvalue weighted by atomic mass is 16.5. The minimum absolute atomic E-state index is 0.491. The van der Waals surface area contributed by atoms with Gasteiger partial charge in [-0.3, -0.25) is 0 Å². The monoisotopic (exact) mass is 248 g/mol. The summed E-state index contributed by atoms with van der Waals surface area (Å²) in [4.78, 5) is 0. The van der Waals surface area contributed by atoms with Crippen LogP contribution in [0.5, 0.6) is 5.75 Å². The Hall–Kier alpha value is -1.48. The number of aliphatic hydroxyl groups is 1. The lowest BCUT2D eigenvalue weighted by Gasteiger charge is -2.19. The summed E-state index contributed by atoms with van der Waals surface area (Å²) in [6, 6.07) is 7.91. The third kappa shape index (κ3) is 3.77. The molecule has 3 heteroatoms. The molecule has 2 rings (SSSR count). The van der Waals surface area contributed by atoms with Crippen LogP contribution in [-0.4, -0.2) is 24.4 Å². The number of aliphatic hydroxyl groups excluding tert-OH is 1. The van der Waals surface area contributed by atoms with Crippen LogP contribution in [0.25, 0.3) is 0 Å². The van der Waals surface area contributed by atoms with Gasteiger partial charge in [0, 0.05) is 6.42 Å². The Morgan fingerprint density at radius 1 is 1.44 bits per heavy atom. The van der Waals surface area contributed by atoms with E-state index in [-0.39, 0.29) is 0 Å². The van der Waals surface area contributed by atoms with E-state index >= 15 is 0 Å². The molecule has 1 aromatic rings. The minimum Gasteiger partial charge on any atom is -0.496 e. The van der Waals surface area contributed by atoms with E-state index in [1.54, 1.807) is 0 Å². The van der Waals surface area contributed by atoms with Gasteiger partial charge in [-0.15, -0.1) is 0 Å². The molecule has 1 heterocycles. The van der Waals surface area contributed by atoms with Crippen molar-refractivity contribution in [2.75, 3.05) is 13.2 Å². The first-order valence-corrected chi connectivity index (χ1v) is 6.46. The van der Waals surface area contributed by atoms with Gasteiger partial charge in [0.2, 0.25) is 0 Å². The lowest BCUT2D eigenvalue weighted by Crippen LogP contribution is -2.19. The lowest BCUT2D eigenvalue weighted by molar-refractivity contribution is 0.0771. The van der Waals surface area contributed by atoms with E-state index in [9.17, 15) is 5.11 Å². The number of hydrogen-bond acceptors (Lipinski definition) is 3. The molecule has 0 spiro atoms. The Morgan fingerprint density at radius 3 is 3.06 bits per heavy atom. The fourth-order valence-electron chi connectivity index (χ4n) is 1.94. The molecule has 0 saturated carbocycles. The maximum atomic E-state index is 9.93. The van der Waals surface area contributed by atoms with E-state index in [0.717, 1.165) is 18.6 Å². The van der Waals surface area contributed by atoms with Gasteiger partial charge >= 0.3 is 0 Å². The van der Waals surface area contributed by atoms with E-state index in [2.05, 4.69) is 0 Å². The van der Waals surface area contributed by atoms with Crippen molar-refractivity contribution in [1.82, 2.24) is 0 Å². The van der Waals surface area contributed by atoms with Gasteiger partial charge in [0.25, 0.3) is 0 Å². The zero-order chi connectivity index (χ0) is 12.8. The van der Waals surface area contributed by atoms with Crippen LogP contribution in [0.15, 0.2) is 36.1 Å². The summed E-state index contributed by atoms with van der Waals surface area (Å²) in [5.41, 5.74) is 1.17. The van der Waals surface area contributed by atoms with Crippen LogP contribution in [0.2, 0.25) is 0 Å². The van der Waals surface area contributed by atoms with E-state index in [1.807, 2.05) is 37.3 Å². The molecule has 1 aliphatic heterocycles. The molecule has 0 amide bonds. The number of hydrogen-bond donors (Lipinski definition) is 1. The quantitative estimate of drug-likeness (QED) is 0.870. The number of allylic oxidation sites excluding steroid dienone is 1. The molecule has 0 saturated heterocycles. The topological polar surface area (TPSA) is 38.7 Å². The highest BCUT2D eigenvalue weighted by Crippen LogP contribution is 2.17. The Morgan fingerprint density at radius 2 is 2.33 bits per heavy atom. The molecule has 0 aliphatic carbocycles. The summed E-state index contributed by atoms with van der Waals surface area (Å²) < 4.78 is 11.0. The molecule has 1 aliphatic rings. The third-order valence-corrected chi connectivity index (χ3v) is 2.94. The summed E-state index contributed by atoms with van der Waals surface area (Å²) in [7, 11) is 0. The van der Waals surface area contributed by atoms with Gasteiger partial charge in [0.15, 0.2) is 0 Å². The minimum atomic E-state index is -0.546. The maximum absolute atomic E-state index is 9.93. The SMILES string of the molecule is Cc1cccc(OCCC(O)C2=CCCCO2)c1. The molecule has 0 aromatic heterocycles. The normalized spacial score (nSPS) is 16.7. The Labute approximate surface area is 108 Å². The van der Waals surface area contributed by atoms with Crippen molar-refractivity contribution < 1.29 is 14.6 Å². The summed E-state index contributed by atoms with van der Waals surface area (Å²) in [5.74, 6) is 1.55. The van der Waals surface area contributed by atoms with Gasteiger partial charge in [-0.25, -0.2) is 0 Å². The van der Waals surface area contributed by atoms with Crippen LogP contribution in [-0.2, 0) is 4.74 Å². The second kappa shape index (κ2) is 6.45. The molecule has 0 bridgehead atoms. The lowest BCUT2D eigenvalue weighted by atomic mass is 10.1. The zero-order valence-corrected chi connectivity index (χ0v) is 10.8. The third-order valence-electron chi connectivity index (χ3n) is 2.94. The standard InChI is InChI=1S/C15H20O3/c1-12-5-4-6-13(11-12)17-10-8-14(16)15-7-2-3-9-18-15/h4-7,11,14,16H,2-3,8-10H2,1H3. The van der Waals surface area contributed by atoms with E-state index in [0.29, 0.717) is 25.4 Å². The van der Waals surface area contributed by atoms with Gasteiger partial charge in [0.05, 0.1) is 13.2 Å². The van der Waals surface area contributed by atoms with Crippen molar-refractivity contribution in [3.63, 3.8) is 0 Å². The molecule has 1 N–H and O–H groups in total. The highest BCUT2D eigenvalue weighted by Gasteiger charge is 2.14. The molecule has 3 nitrogen and oxygen atoms in total. The van der Waals surface area contributed by atoms with Crippen LogP contribution in [0, 0.1) is 6.92 Å². The van der Waals surface area contributed by atoms with Crippen LogP contribution < -0.4 is 4.74 Å². The molecule has 1 aromatic carbocycles. The molecule has 1 unspecified atom stereocenters. The molecule has 0 radical (unpaired) electrons. The summed E-state index contributed by atoms with van der Waals surface area (Å²) >= 11 is 0. The molecule has 18 heavy (non-hydrogen) atoms. The number of ether oxygens (including phenoxy) is 2. The van der Waals surface area contributed by atoms with Gasteiger partial charge < -0.3 is 14.6 Å². The van der Waals surface area contributed by atoms with Crippen LogP contribution >= 0.6 is 0 Å². The second-order valence-corrected chi connectivity index (χ2v) is 4.57. The van der Waals surface area contributed by atoms with Crippen LogP contribution in [0.3, 0.4) is 0 Å². The van der Waals surface area contributed by atoms with Crippen molar-refractivity contribution in [1.29, 1.82) is 0 Å². The highest BCUT2D eigenvalue weighted by molar-refractivity contribution is 5.27. The van der Waals surface area contributed by atoms with Gasteiger partial charge in [-0.1, -0.05) is 12.1 Å². The van der Waals surface area contributed by atoms with Crippen molar-refractivity contribution in [3.05, 3.63) is 41.7 Å². The maximum Gasteiger partial charge on any atom is 0.121 e. The largest absolute Gasteiger partial charge is 0.496 e. The molecule has 1 atom stereocenters. The van der Waals surface area contributed by atoms with E-state index in [1.165, 1.54) is 5.56 Å². The van der Waals surface area contributed by atoms with E-state index in [4.69, 9.17) is 9.47 Å². The van der Waals surface area contributed by atoms with Crippen molar-refractivity contribution in [2.24, 2.45) is 0 Å².